The molecule has 3 heteroatoms. The van der Waals surface area contributed by atoms with Crippen molar-refractivity contribution in [3.8, 4) is 33.4 Å². The van der Waals surface area contributed by atoms with Gasteiger partial charge in [-0.25, -0.2) is 4.98 Å². The Bertz CT molecular complexity index is 3070. The Balaban J connectivity index is 1.14. The van der Waals surface area contributed by atoms with E-state index >= 15 is 0 Å². The maximum absolute atomic E-state index is 6.42. The Morgan fingerprint density at radius 1 is 0.360 bits per heavy atom. The Morgan fingerprint density at radius 2 is 0.940 bits per heavy atom. The molecule has 0 saturated carbocycles. The standard InChI is InChI=1S/C47H27NO2/c1-2-10-28(11-3-1)29-18-20-30(21-19-29)43-34-13-4-6-15-36(34)44(37-16-7-5-14-35(37)43)31-22-24-40-32(26-31)27-39-45-42(50-47(39)48-40)25-23-38-33-12-8-9-17-41(33)49-46(38)45/h1-27H. The van der Waals surface area contributed by atoms with Crippen LogP contribution < -0.4 is 0 Å². The Labute approximate surface area is 286 Å². The van der Waals surface area contributed by atoms with Gasteiger partial charge in [-0.3, -0.25) is 0 Å². The predicted molar refractivity (Wildman–Crippen MR) is 208 cm³/mol. The zero-order valence-electron chi connectivity index (χ0n) is 26.9. The molecule has 0 saturated heterocycles. The molecule has 3 aromatic heterocycles. The number of fused-ring (bicyclic) bond motifs is 10. The van der Waals surface area contributed by atoms with Gasteiger partial charge in [-0.2, -0.15) is 0 Å². The third-order valence-electron chi connectivity index (χ3n) is 10.3. The van der Waals surface area contributed by atoms with Gasteiger partial charge in [-0.15, -0.1) is 0 Å². The van der Waals surface area contributed by atoms with E-state index in [1.807, 2.05) is 24.3 Å². The van der Waals surface area contributed by atoms with Gasteiger partial charge in [0.15, 0.2) is 0 Å². The monoisotopic (exact) mass is 637 g/mol. The highest BCUT2D eigenvalue weighted by atomic mass is 16.3. The average Bonchev–Trinajstić information content (AvgIpc) is 3.74. The van der Waals surface area contributed by atoms with Crippen LogP contribution in [0.5, 0.6) is 0 Å². The molecule has 232 valence electrons. The van der Waals surface area contributed by atoms with E-state index in [0.717, 1.165) is 54.8 Å². The molecule has 0 spiro atoms. The second kappa shape index (κ2) is 10.4. The summed E-state index contributed by atoms with van der Waals surface area (Å²) in [6.45, 7) is 0. The van der Waals surface area contributed by atoms with E-state index in [9.17, 15) is 0 Å². The summed E-state index contributed by atoms with van der Waals surface area (Å²) < 4.78 is 12.7. The molecule has 0 unspecified atom stereocenters. The number of nitrogens with zero attached hydrogens (tertiary/aromatic N) is 1. The van der Waals surface area contributed by atoms with Crippen molar-refractivity contribution < 1.29 is 8.83 Å². The molecule has 0 radical (unpaired) electrons. The van der Waals surface area contributed by atoms with E-state index < -0.39 is 0 Å². The Morgan fingerprint density at radius 3 is 1.66 bits per heavy atom. The number of benzene rings is 8. The van der Waals surface area contributed by atoms with Crippen LogP contribution in [-0.4, -0.2) is 4.98 Å². The minimum Gasteiger partial charge on any atom is -0.455 e. The normalized spacial score (nSPS) is 12.0. The largest absolute Gasteiger partial charge is 0.455 e. The lowest BCUT2D eigenvalue weighted by Crippen LogP contribution is -1.91. The molecule has 0 bridgehead atoms. The van der Waals surface area contributed by atoms with Crippen molar-refractivity contribution in [2.75, 3.05) is 0 Å². The van der Waals surface area contributed by atoms with Crippen LogP contribution in [0.25, 0.3) is 110 Å². The minimum absolute atomic E-state index is 0.617. The average molecular weight is 638 g/mol. The van der Waals surface area contributed by atoms with Crippen molar-refractivity contribution in [2.24, 2.45) is 0 Å². The molecule has 50 heavy (non-hydrogen) atoms. The molecule has 0 amide bonds. The summed E-state index contributed by atoms with van der Waals surface area (Å²) in [7, 11) is 0. The van der Waals surface area contributed by atoms with E-state index in [1.54, 1.807) is 0 Å². The zero-order chi connectivity index (χ0) is 32.8. The summed E-state index contributed by atoms with van der Waals surface area (Å²) in [5, 5.41) is 10.1. The molecule has 0 N–H and O–H groups in total. The minimum atomic E-state index is 0.617. The first-order valence-corrected chi connectivity index (χ1v) is 17.0. The Hall–Kier alpha value is -6.71. The van der Waals surface area contributed by atoms with Gasteiger partial charge >= 0.3 is 0 Å². The van der Waals surface area contributed by atoms with Crippen LogP contribution in [0, 0.1) is 0 Å². The quantitative estimate of drug-likeness (QED) is 0.181. The number of furan rings is 2. The van der Waals surface area contributed by atoms with Crippen LogP contribution in [0.1, 0.15) is 0 Å². The van der Waals surface area contributed by atoms with Gasteiger partial charge in [0.25, 0.3) is 0 Å². The topological polar surface area (TPSA) is 39.2 Å². The van der Waals surface area contributed by atoms with Crippen molar-refractivity contribution in [2.45, 2.75) is 0 Å². The van der Waals surface area contributed by atoms with E-state index in [4.69, 9.17) is 13.8 Å². The van der Waals surface area contributed by atoms with E-state index in [0.29, 0.717) is 5.71 Å². The highest BCUT2D eigenvalue weighted by Gasteiger charge is 2.20. The summed E-state index contributed by atoms with van der Waals surface area (Å²) >= 11 is 0. The number of rotatable bonds is 3. The van der Waals surface area contributed by atoms with E-state index in [1.165, 1.54) is 49.4 Å². The summed E-state index contributed by atoms with van der Waals surface area (Å²) in [6.07, 6.45) is 0. The van der Waals surface area contributed by atoms with Crippen molar-refractivity contribution in [3.05, 3.63) is 164 Å². The fraction of sp³-hybridized carbons (Fsp3) is 0. The maximum atomic E-state index is 6.42. The van der Waals surface area contributed by atoms with Crippen LogP contribution in [0.3, 0.4) is 0 Å². The SMILES string of the molecule is c1ccc(-c2ccc(-c3c4ccccc4c(-c4ccc5nc6oc7ccc8c9ccccc9oc8c7c6cc5c4)c4ccccc34)cc2)cc1. The molecule has 3 nitrogen and oxygen atoms in total. The van der Waals surface area contributed by atoms with Gasteiger partial charge in [0.2, 0.25) is 5.71 Å². The van der Waals surface area contributed by atoms with Crippen molar-refractivity contribution in [1.29, 1.82) is 0 Å². The number of aromatic nitrogens is 1. The first kappa shape index (κ1) is 27.3. The molecule has 0 aliphatic rings. The van der Waals surface area contributed by atoms with Gasteiger partial charge in [-0.1, -0.05) is 127 Å². The molecular weight excluding hydrogens is 611 g/mol. The van der Waals surface area contributed by atoms with Gasteiger partial charge in [-0.05, 0) is 91.3 Å². The van der Waals surface area contributed by atoms with Gasteiger partial charge < -0.3 is 8.83 Å². The molecule has 0 atom stereocenters. The summed E-state index contributed by atoms with van der Waals surface area (Å²) in [6, 6.07) is 58.3. The van der Waals surface area contributed by atoms with Gasteiger partial charge in [0, 0.05) is 16.2 Å². The van der Waals surface area contributed by atoms with Crippen molar-refractivity contribution >= 4 is 76.5 Å². The summed E-state index contributed by atoms with van der Waals surface area (Å²) in [4.78, 5) is 5.01. The van der Waals surface area contributed by atoms with E-state index in [-0.39, 0.29) is 0 Å². The lowest BCUT2D eigenvalue weighted by molar-refractivity contribution is 0.653. The van der Waals surface area contributed by atoms with Gasteiger partial charge in [0.1, 0.15) is 16.7 Å². The van der Waals surface area contributed by atoms with Crippen LogP contribution >= 0.6 is 0 Å². The molecule has 11 aromatic rings. The van der Waals surface area contributed by atoms with Crippen LogP contribution in [0.4, 0.5) is 0 Å². The lowest BCUT2D eigenvalue weighted by Gasteiger charge is -2.18. The molecule has 0 aliphatic heterocycles. The van der Waals surface area contributed by atoms with E-state index in [2.05, 4.69) is 140 Å². The molecule has 0 fully saturated rings. The highest BCUT2D eigenvalue weighted by molar-refractivity contribution is 6.24. The second-order valence-corrected chi connectivity index (χ2v) is 13.0. The predicted octanol–water partition coefficient (Wildman–Crippen LogP) is 13.3. The fourth-order valence-corrected chi connectivity index (χ4v) is 8.00. The fourth-order valence-electron chi connectivity index (χ4n) is 8.00. The molecule has 11 rings (SSSR count). The first-order valence-electron chi connectivity index (χ1n) is 17.0. The first-order chi connectivity index (χ1) is 24.8. The lowest BCUT2D eigenvalue weighted by atomic mass is 9.85. The number of hydrogen-bond acceptors (Lipinski definition) is 3. The smallest absolute Gasteiger partial charge is 0.228 e. The molecule has 3 heterocycles. The molecular formula is C47H27NO2. The highest BCUT2D eigenvalue weighted by Crippen LogP contribution is 2.45. The number of hydrogen-bond donors (Lipinski definition) is 0. The van der Waals surface area contributed by atoms with Crippen LogP contribution in [0.2, 0.25) is 0 Å². The third-order valence-corrected chi connectivity index (χ3v) is 10.3. The third kappa shape index (κ3) is 3.95. The zero-order valence-corrected chi connectivity index (χ0v) is 26.9. The Kier molecular flexibility index (Phi) is 5.67. The summed E-state index contributed by atoms with van der Waals surface area (Å²) in [5.74, 6) is 0. The maximum Gasteiger partial charge on any atom is 0.228 e. The number of para-hydroxylation sites is 1. The van der Waals surface area contributed by atoms with Crippen LogP contribution in [0.15, 0.2) is 173 Å². The van der Waals surface area contributed by atoms with Crippen LogP contribution in [-0.2, 0) is 0 Å². The molecule has 8 aromatic carbocycles. The second-order valence-electron chi connectivity index (χ2n) is 13.0. The number of pyridine rings is 1. The van der Waals surface area contributed by atoms with Crippen molar-refractivity contribution in [1.82, 2.24) is 4.98 Å². The van der Waals surface area contributed by atoms with Gasteiger partial charge in [0.05, 0.1) is 16.3 Å². The summed E-state index contributed by atoms with van der Waals surface area (Å²) in [5.41, 5.74) is 11.3. The van der Waals surface area contributed by atoms with Crippen molar-refractivity contribution in [3.63, 3.8) is 0 Å². The molecule has 0 aliphatic carbocycles.